The molecule has 42 heavy (non-hydrogen) atoms. The molecule has 1 saturated carbocycles. The third-order valence-electron chi connectivity index (χ3n) is 7.19. The van der Waals surface area contributed by atoms with Crippen LogP contribution in [-0.4, -0.2) is 39.7 Å². The molecule has 0 unspecified atom stereocenters. The van der Waals surface area contributed by atoms with E-state index in [1.807, 2.05) is 30.3 Å². The highest BCUT2D eigenvalue weighted by Gasteiger charge is 2.39. The molecule has 0 radical (unpaired) electrons. The van der Waals surface area contributed by atoms with E-state index in [0.717, 1.165) is 16.4 Å². The molecule has 12 heteroatoms. The normalized spacial score (nSPS) is 16.9. The number of aromatic nitrogens is 3. The smallest absolute Gasteiger partial charge is 0.435 e. The van der Waals surface area contributed by atoms with E-state index >= 15 is 0 Å². The number of carbonyl (C=O) groups is 2. The highest BCUT2D eigenvalue weighted by Crippen LogP contribution is 2.38. The summed E-state index contributed by atoms with van der Waals surface area (Å²) in [7, 11) is 0. The Morgan fingerprint density at radius 1 is 0.976 bits per heavy atom. The molecule has 2 aromatic carbocycles. The minimum atomic E-state index is -4.82. The van der Waals surface area contributed by atoms with Crippen LogP contribution in [0.15, 0.2) is 71.3 Å². The van der Waals surface area contributed by atoms with E-state index in [0.29, 0.717) is 43.0 Å². The van der Waals surface area contributed by atoms with E-state index in [1.54, 1.807) is 30.3 Å². The second-order valence-corrected chi connectivity index (χ2v) is 9.97. The molecule has 5 rings (SSSR count). The lowest BCUT2D eigenvalue weighted by Crippen LogP contribution is -2.38. The van der Waals surface area contributed by atoms with E-state index < -0.39 is 23.3 Å². The molecular formula is C30H27F3N6O3. The first-order valence-electron chi connectivity index (χ1n) is 13.5. The summed E-state index contributed by atoms with van der Waals surface area (Å²) >= 11 is 0. The number of nitrogens with one attached hydrogen (secondary N) is 2. The summed E-state index contributed by atoms with van der Waals surface area (Å²) in [4.78, 5) is 29.7. The Labute approximate surface area is 239 Å². The van der Waals surface area contributed by atoms with E-state index in [-0.39, 0.29) is 36.5 Å². The maximum Gasteiger partial charge on any atom is 0.435 e. The van der Waals surface area contributed by atoms with Gasteiger partial charge >= 0.3 is 6.18 Å². The Balaban J connectivity index is 1.11. The molecule has 4 aromatic rings. The van der Waals surface area contributed by atoms with Gasteiger partial charge in [-0.2, -0.15) is 23.5 Å². The van der Waals surface area contributed by atoms with Crippen LogP contribution in [0.3, 0.4) is 0 Å². The number of alkyl halides is 3. The zero-order valence-corrected chi connectivity index (χ0v) is 22.4. The van der Waals surface area contributed by atoms with Crippen LogP contribution in [0.25, 0.3) is 17.0 Å². The molecule has 0 spiro atoms. The summed E-state index contributed by atoms with van der Waals surface area (Å²) in [6, 6.07) is 19.5. The number of benzene rings is 2. The first-order chi connectivity index (χ1) is 20.2. The van der Waals surface area contributed by atoms with Crippen LogP contribution in [-0.2, 0) is 11.0 Å². The van der Waals surface area contributed by atoms with Gasteiger partial charge in [-0.25, -0.2) is 9.67 Å². The van der Waals surface area contributed by atoms with Gasteiger partial charge in [0, 0.05) is 36.7 Å². The van der Waals surface area contributed by atoms with E-state index in [4.69, 9.17) is 4.42 Å². The molecule has 2 aromatic heterocycles. The quantitative estimate of drug-likeness (QED) is 0.277. The molecule has 2 heterocycles. The Morgan fingerprint density at radius 2 is 1.62 bits per heavy atom. The average Bonchev–Trinajstić information content (AvgIpc) is 3.66. The summed E-state index contributed by atoms with van der Waals surface area (Å²) in [6.45, 7) is 0.00757. The number of amides is 2. The van der Waals surface area contributed by atoms with Crippen molar-refractivity contribution in [3.63, 3.8) is 0 Å². The zero-order valence-electron chi connectivity index (χ0n) is 22.4. The van der Waals surface area contributed by atoms with Crippen LogP contribution in [0.5, 0.6) is 0 Å². The first-order valence-corrected chi connectivity index (χ1v) is 13.5. The van der Waals surface area contributed by atoms with Crippen molar-refractivity contribution in [3.8, 4) is 23.1 Å². The molecular weight excluding hydrogens is 549 g/mol. The second kappa shape index (κ2) is 12.3. The van der Waals surface area contributed by atoms with Crippen LogP contribution >= 0.6 is 0 Å². The molecule has 0 saturated heterocycles. The molecule has 9 nitrogen and oxygen atoms in total. The molecule has 2 N–H and O–H groups in total. The standard InChI is InChI=1S/C30H27F3N6O3/c31-30(32,33)26-23(18-39(38-26)22-9-5-2-6-10-22)28(41)36-16-15-35-27(40)20-11-13-21(14-12-20)29-37-24(17-34)25(42-29)19-7-3-1-4-8-19/h1-10,18,20-21H,11-16H2,(H,35,40)(H,36,41). The third kappa shape index (κ3) is 6.35. The van der Waals surface area contributed by atoms with Crippen molar-refractivity contribution < 1.29 is 27.2 Å². The molecule has 2 amide bonds. The summed E-state index contributed by atoms with van der Waals surface area (Å²) in [5.41, 5.74) is -0.500. The van der Waals surface area contributed by atoms with Gasteiger partial charge in [0.05, 0.1) is 11.3 Å². The molecule has 0 atom stereocenters. The van der Waals surface area contributed by atoms with E-state index in [1.165, 1.54) is 0 Å². The summed E-state index contributed by atoms with van der Waals surface area (Å²) in [5.74, 6) is -0.470. The Morgan fingerprint density at radius 3 is 2.26 bits per heavy atom. The zero-order chi connectivity index (χ0) is 29.7. The molecule has 0 aliphatic heterocycles. The van der Waals surface area contributed by atoms with Gasteiger partial charge in [-0.05, 0) is 37.8 Å². The second-order valence-electron chi connectivity index (χ2n) is 9.97. The number of hydrogen-bond donors (Lipinski definition) is 2. The Kier molecular flexibility index (Phi) is 8.38. The maximum atomic E-state index is 13.6. The molecule has 0 bridgehead atoms. The van der Waals surface area contributed by atoms with Crippen molar-refractivity contribution in [2.75, 3.05) is 13.1 Å². The van der Waals surface area contributed by atoms with Crippen molar-refractivity contribution >= 4 is 11.8 Å². The monoisotopic (exact) mass is 576 g/mol. The average molecular weight is 577 g/mol. The number of carbonyl (C=O) groups excluding carboxylic acids is 2. The lowest BCUT2D eigenvalue weighted by Gasteiger charge is -2.26. The summed E-state index contributed by atoms with van der Waals surface area (Å²) < 4.78 is 47.6. The lowest BCUT2D eigenvalue weighted by atomic mass is 9.81. The fourth-order valence-corrected chi connectivity index (χ4v) is 5.04. The Bertz CT molecular complexity index is 1580. The Hall–Kier alpha value is -4.92. The van der Waals surface area contributed by atoms with Crippen molar-refractivity contribution in [3.05, 3.63) is 89.7 Å². The van der Waals surface area contributed by atoms with Crippen LogP contribution in [0.2, 0.25) is 0 Å². The number of para-hydroxylation sites is 1. The minimum absolute atomic E-state index is 0.0162. The predicted molar refractivity (Wildman–Crippen MR) is 145 cm³/mol. The molecule has 216 valence electrons. The third-order valence-corrected chi connectivity index (χ3v) is 7.19. The van der Waals surface area contributed by atoms with Crippen LogP contribution in [0.4, 0.5) is 13.2 Å². The minimum Gasteiger partial charge on any atom is -0.439 e. The van der Waals surface area contributed by atoms with E-state index in [9.17, 15) is 28.0 Å². The fraction of sp³-hybridized carbons (Fsp3) is 0.300. The maximum absolute atomic E-state index is 13.6. The van der Waals surface area contributed by atoms with Gasteiger partial charge in [0.1, 0.15) is 6.07 Å². The number of halogens is 3. The lowest BCUT2D eigenvalue weighted by molar-refractivity contribution is -0.141. The van der Waals surface area contributed by atoms with Gasteiger partial charge in [-0.15, -0.1) is 0 Å². The van der Waals surface area contributed by atoms with Gasteiger partial charge in [0.15, 0.2) is 23.0 Å². The van der Waals surface area contributed by atoms with Crippen molar-refractivity contribution in [2.24, 2.45) is 5.92 Å². The van der Waals surface area contributed by atoms with Gasteiger partial charge < -0.3 is 15.1 Å². The topological polar surface area (TPSA) is 126 Å². The SMILES string of the molecule is N#Cc1nc(C2CCC(C(=O)NCCNC(=O)c3cn(-c4ccccc4)nc3C(F)(F)F)CC2)oc1-c1ccccc1. The van der Waals surface area contributed by atoms with Crippen LogP contribution in [0, 0.1) is 17.2 Å². The number of nitrogens with zero attached hydrogens (tertiary/aromatic N) is 4. The largest absolute Gasteiger partial charge is 0.439 e. The van der Waals surface area contributed by atoms with E-state index in [2.05, 4.69) is 26.8 Å². The predicted octanol–water partition coefficient (Wildman–Crippen LogP) is 5.24. The van der Waals surface area contributed by atoms with Gasteiger partial charge in [0.2, 0.25) is 5.91 Å². The van der Waals surface area contributed by atoms with Crippen LogP contribution < -0.4 is 10.6 Å². The summed E-state index contributed by atoms with van der Waals surface area (Å²) in [6.07, 6.45) is -1.30. The van der Waals surface area contributed by atoms with Crippen molar-refractivity contribution in [1.82, 2.24) is 25.4 Å². The van der Waals surface area contributed by atoms with Gasteiger partial charge in [-0.1, -0.05) is 48.5 Å². The van der Waals surface area contributed by atoms with Gasteiger partial charge in [-0.3, -0.25) is 9.59 Å². The molecule has 1 aliphatic carbocycles. The molecule has 1 fully saturated rings. The number of oxazole rings is 1. The highest BCUT2D eigenvalue weighted by molar-refractivity contribution is 5.95. The number of hydrogen-bond acceptors (Lipinski definition) is 6. The fourth-order valence-electron chi connectivity index (χ4n) is 5.04. The highest BCUT2D eigenvalue weighted by atomic mass is 19.4. The number of nitriles is 1. The summed E-state index contributed by atoms with van der Waals surface area (Å²) in [5, 5.41) is 18.3. The molecule has 1 aliphatic rings. The first kappa shape index (κ1) is 28.6. The number of rotatable bonds is 8. The van der Waals surface area contributed by atoms with Gasteiger partial charge in [0.25, 0.3) is 5.91 Å². The van der Waals surface area contributed by atoms with Crippen molar-refractivity contribution in [1.29, 1.82) is 5.26 Å². The van der Waals surface area contributed by atoms with Crippen molar-refractivity contribution in [2.45, 2.75) is 37.8 Å². The van der Waals surface area contributed by atoms with Crippen LogP contribution in [0.1, 0.15) is 59.2 Å².